The van der Waals surface area contributed by atoms with Crippen molar-refractivity contribution in [2.24, 2.45) is 0 Å². The van der Waals surface area contributed by atoms with E-state index in [1.165, 1.54) is 0 Å². The summed E-state index contributed by atoms with van der Waals surface area (Å²) in [5.74, 6) is 0. The van der Waals surface area contributed by atoms with Gasteiger partial charge in [-0.15, -0.1) is 0 Å². The minimum atomic E-state index is 0.177. The van der Waals surface area contributed by atoms with E-state index in [9.17, 15) is 0 Å². The maximum atomic E-state index is 8.64. The van der Waals surface area contributed by atoms with Crippen molar-refractivity contribution in [1.82, 2.24) is 4.90 Å². The Morgan fingerprint density at radius 3 is 3.00 bits per heavy atom. The normalized spacial score (nSPS) is 15.7. The topological polar surface area (TPSA) is 27.8 Å². The van der Waals surface area contributed by atoms with Crippen molar-refractivity contribution in [3.63, 3.8) is 0 Å². The summed E-state index contributed by atoms with van der Waals surface area (Å²) in [7, 11) is 0. The van der Waals surface area contributed by atoms with Crippen molar-refractivity contribution in [2.75, 3.05) is 26.2 Å². The maximum Gasteiger partial charge on any atom is 0.239 e. The van der Waals surface area contributed by atoms with Gasteiger partial charge in [0.2, 0.25) is 6.54 Å². The molecule has 1 aliphatic heterocycles. The molecule has 0 bridgehead atoms. The van der Waals surface area contributed by atoms with Gasteiger partial charge in [0.15, 0.2) is 0 Å². The van der Waals surface area contributed by atoms with Gasteiger partial charge in [0.05, 0.1) is 6.61 Å². The summed E-state index contributed by atoms with van der Waals surface area (Å²) in [5, 5.41) is 8.64. The molecule has 0 amide bonds. The van der Waals surface area contributed by atoms with Crippen LogP contribution < -0.4 is 0 Å². The van der Waals surface area contributed by atoms with Gasteiger partial charge in [0, 0.05) is 18.7 Å². The van der Waals surface area contributed by atoms with Gasteiger partial charge in [0.1, 0.15) is 0 Å². The molecule has 0 saturated carbocycles. The van der Waals surface area contributed by atoms with Crippen LogP contribution in [-0.4, -0.2) is 36.2 Å². The lowest BCUT2D eigenvalue weighted by atomic mass is 10.2. The number of β-amino-alcohol motifs (C(OH)–C–C–N with tert-alkyl or cyclic N) is 1. The predicted molar refractivity (Wildman–Crippen MR) is 47.4 cm³/mol. The number of aliphatic hydroxyl groups is 1. The molecule has 0 aromatic rings. The van der Waals surface area contributed by atoms with Crippen LogP contribution in [0.5, 0.6) is 0 Å². The molecule has 0 spiro atoms. The molecule has 1 N–H and O–H groups in total. The second-order valence-electron chi connectivity index (χ2n) is 2.63. The predicted octanol–water partition coefficient (Wildman–Crippen LogP) is 0.654. The Bertz CT molecular complexity index is 237. The van der Waals surface area contributed by atoms with Crippen LogP contribution >= 0.6 is 0 Å². The number of rotatable bonds is 3. The molecule has 64 valence electrons. The second-order valence-corrected chi connectivity index (χ2v) is 2.63. The van der Waals surface area contributed by atoms with Gasteiger partial charge in [-0.1, -0.05) is 6.08 Å². The fourth-order valence-corrected chi connectivity index (χ4v) is 1.07. The molecule has 0 aromatic heterocycles. The number of aliphatic hydroxyl groups excluding tert-OH is 1. The fraction of sp³-hybridized carbons (Fsp3) is 0.444. The zero-order valence-electron chi connectivity index (χ0n) is 6.90. The zero-order chi connectivity index (χ0) is 8.81. The highest BCUT2D eigenvalue weighted by atomic mass is 16.3. The molecule has 0 atom stereocenters. The smallest absolute Gasteiger partial charge is 0.239 e. The molecule has 3 heteroatoms. The summed E-state index contributed by atoms with van der Waals surface area (Å²) < 4.78 is 0. The molecule has 0 radical (unpaired) electrons. The van der Waals surface area contributed by atoms with Crippen LogP contribution in [0.2, 0.25) is 0 Å². The molecular formula is C9H12N2O. The van der Waals surface area contributed by atoms with Crippen LogP contribution in [0.25, 0.3) is 4.85 Å². The van der Waals surface area contributed by atoms with Crippen LogP contribution in [0, 0.1) is 6.57 Å². The third kappa shape index (κ3) is 2.40. The van der Waals surface area contributed by atoms with E-state index in [0.29, 0.717) is 13.1 Å². The first-order valence-electron chi connectivity index (χ1n) is 3.92. The van der Waals surface area contributed by atoms with Gasteiger partial charge in [-0.25, -0.2) is 6.57 Å². The Balaban J connectivity index is 2.40. The first-order chi connectivity index (χ1) is 5.86. The molecule has 1 rings (SSSR count). The summed E-state index contributed by atoms with van der Waals surface area (Å²) in [5.41, 5.74) is 1.07. The molecule has 3 nitrogen and oxygen atoms in total. The maximum absolute atomic E-state index is 8.64. The fourth-order valence-electron chi connectivity index (χ4n) is 1.07. The second kappa shape index (κ2) is 4.58. The molecular weight excluding hydrogens is 152 g/mol. The molecule has 0 unspecified atom stereocenters. The molecule has 0 aromatic carbocycles. The molecule has 0 saturated heterocycles. The average Bonchev–Trinajstić information content (AvgIpc) is 2.09. The van der Waals surface area contributed by atoms with Crippen LogP contribution in [0.3, 0.4) is 0 Å². The SMILES string of the molecule is [C-]#[N+]CC1=CCN(CCO)C=C1. The van der Waals surface area contributed by atoms with Crippen molar-refractivity contribution in [1.29, 1.82) is 0 Å². The lowest BCUT2D eigenvalue weighted by Gasteiger charge is -2.20. The van der Waals surface area contributed by atoms with Crippen molar-refractivity contribution in [2.45, 2.75) is 0 Å². The molecule has 1 aliphatic rings. The van der Waals surface area contributed by atoms with Crippen molar-refractivity contribution in [3.8, 4) is 0 Å². The van der Waals surface area contributed by atoms with Gasteiger partial charge >= 0.3 is 0 Å². The first kappa shape index (κ1) is 8.82. The minimum absolute atomic E-state index is 0.177. The van der Waals surface area contributed by atoms with Gasteiger partial charge in [-0.2, -0.15) is 0 Å². The van der Waals surface area contributed by atoms with E-state index < -0.39 is 0 Å². The summed E-state index contributed by atoms with van der Waals surface area (Å²) in [6.45, 7) is 8.78. The van der Waals surface area contributed by atoms with E-state index in [0.717, 1.165) is 12.1 Å². The zero-order valence-corrected chi connectivity index (χ0v) is 6.90. The first-order valence-corrected chi connectivity index (χ1v) is 3.92. The lowest BCUT2D eigenvalue weighted by Crippen LogP contribution is -2.23. The summed E-state index contributed by atoms with van der Waals surface area (Å²) in [6.07, 6.45) is 5.88. The largest absolute Gasteiger partial charge is 0.395 e. The molecule has 12 heavy (non-hydrogen) atoms. The van der Waals surface area contributed by atoms with Crippen molar-refractivity contribution in [3.05, 3.63) is 35.3 Å². The average molecular weight is 164 g/mol. The van der Waals surface area contributed by atoms with E-state index in [1.54, 1.807) is 0 Å². The number of hydrogen-bond donors (Lipinski definition) is 1. The van der Waals surface area contributed by atoms with Gasteiger partial charge < -0.3 is 14.9 Å². The highest BCUT2D eigenvalue weighted by molar-refractivity contribution is 5.25. The summed E-state index contributed by atoms with van der Waals surface area (Å²) in [6, 6.07) is 0. The molecule has 1 heterocycles. The van der Waals surface area contributed by atoms with Gasteiger partial charge in [-0.3, -0.25) is 0 Å². The van der Waals surface area contributed by atoms with Gasteiger partial charge in [0.25, 0.3) is 0 Å². The van der Waals surface area contributed by atoms with E-state index in [-0.39, 0.29) is 6.61 Å². The Hall–Kier alpha value is -1.27. The van der Waals surface area contributed by atoms with Crippen LogP contribution in [-0.2, 0) is 0 Å². The van der Waals surface area contributed by atoms with Gasteiger partial charge in [-0.05, 0) is 12.3 Å². The Morgan fingerprint density at radius 1 is 1.67 bits per heavy atom. The summed E-state index contributed by atoms with van der Waals surface area (Å²) in [4.78, 5) is 5.30. The van der Waals surface area contributed by atoms with Crippen molar-refractivity contribution >= 4 is 0 Å². The van der Waals surface area contributed by atoms with Crippen LogP contribution in [0.1, 0.15) is 0 Å². The highest BCUT2D eigenvalue weighted by Gasteiger charge is 2.04. The minimum Gasteiger partial charge on any atom is -0.395 e. The van der Waals surface area contributed by atoms with E-state index in [1.807, 2.05) is 23.3 Å². The van der Waals surface area contributed by atoms with E-state index >= 15 is 0 Å². The molecule has 0 aliphatic carbocycles. The van der Waals surface area contributed by atoms with E-state index in [4.69, 9.17) is 11.7 Å². The number of nitrogens with zero attached hydrogens (tertiary/aromatic N) is 2. The third-order valence-electron chi connectivity index (χ3n) is 1.74. The highest BCUT2D eigenvalue weighted by Crippen LogP contribution is 2.06. The standard InChI is InChI=1S/C9H12N2O/c1-10-8-9-2-4-11(5-3-9)6-7-12/h2-4,12H,5-8H2. The van der Waals surface area contributed by atoms with Crippen LogP contribution in [0.15, 0.2) is 23.9 Å². The Morgan fingerprint density at radius 2 is 2.50 bits per heavy atom. The Labute approximate surface area is 72.4 Å². The quantitative estimate of drug-likeness (QED) is 0.620. The van der Waals surface area contributed by atoms with E-state index in [2.05, 4.69) is 4.85 Å². The van der Waals surface area contributed by atoms with Crippen LogP contribution in [0.4, 0.5) is 0 Å². The lowest BCUT2D eigenvalue weighted by molar-refractivity contribution is 0.244. The third-order valence-corrected chi connectivity index (χ3v) is 1.74. The Kier molecular flexibility index (Phi) is 3.36. The summed E-state index contributed by atoms with van der Waals surface area (Å²) >= 11 is 0. The monoisotopic (exact) mass is 164 g/mol. The number of hydrogen-bond acceptors (Lipinski definition) is 2. The van der Waals surface area contributed by atoms with Crippen molar-refractivity contribution < 1.29 is 5.11 Å². The molecule has 0 fully saturated rings.